The maximum absolute atomic E-state index is 5.52. The van der Waals surface area contributed by atoms with Crippen LogP contribution in [0.5, 0.6) is 17.2 Å². The highest BCUT2D eigenvalue weighted by Crippen LogP contribution is 2.40. The third-order valence-electron chi connectivity index (χ3n) is 3.70. The minimum absolute atomic E-state index is 0.227. The van der Waals surface area contributed by atoms with Crippen molar-refractivity contribution in [3.63, 3.8) is 0 Å². The molecule has 2 atom stereocenters. The average Bonchev–Trinajstić information content (AvgIpc) is 2.47. The van der Waals surface area contributed by atoms with Crippen molar-refractivity contribution in [2.45, 2.75) is 32.7 Å². The zero-order valence-corrected chi connectivity index (χ0v) is 13.4. The summed E-state index contributed by atoms with van der Waals surface area (Å²) in [7, 11) is 6.94. The number of rotatable bonds is 8. The van der Waals surface area contributed by atoms with E-state index in [1.165, 1.54) is 0 Å². The number of methoxy groups -OCH3 is 3. The summed E-state index contributed by atoms with van der Waals surface area (Å²) < 4.78 is 16.3. The van der Waals surface area contributed by atoms with Gasteiger partial charge in [-0.2, -0.15) is 0 Å². The van der Waals surface area contributed by atoms with E-state index < -0.39 is 0 Å². The topological polar surface area (TPSA) is 39.7 Å². The van der Waals surface area contributed by atoms with Crippen LogP contribution >= 0.6 is 0 Å². The molecular weight excluding hydrogens is 254 g/mol. The lowest BCUT2D eigenvalue weighted by Crippen LogP contribution is -2.24. The average molecular weight is 281 g/mol. The van der Waals surface area contributed by atoms with E-state index in [9.17, 15) is 0 Å². The lowest BCUT2D eigenvalue weighted by molar-refractivity contribution is 0.334. The third-order valence-corrected chi connectivity index (χ3v) is 3.70. The number of hydrogen-bond donors (Lipinski definition) is 1. The van der Waals surface area contributed by atoms with Crippen molar-refractivity contribution in [3.05, 3.63) is 17.7 Å². The molecule has 0 bridgehead atoms. The summed E-state index contributed by atoms with van der Waals surface area (Å²) in [6.45, 7) is 4.45. The number of ether oxygens (including phenoxy) is 3. The van der Waals surface area contributed by atoms with Gasteiger partial charge in [-0.1, -0.05) is 20.3 Å². The maximum Gasteiger partial charge on any atom is 0.164 e. The Morgan fingerprint density at radius 1 is 1.00 bits per heavy atom. The van der Waals surface area contributed by atoms with Crippen LogP contribution in [0.3, 0.4) is 0 Å². The van der Waals surface area contributed by atoms with Gasteiger partial charge >= 0.3 is 0 Å². The molecule has 4 heteroatoms. The van der Waals surface area contributed by atoms with Gasteiger partial charge in [0, 0.05) is 17.7 Å². The van der Waals surface area contributed by atoms with Crippen molar-refractivity contribution in [1.82, 2.24) is 5.32 Å². The predicted octanol–water partition coefficient (Wildman–Crippen LogP) is 3.41. The fourth-order valence-corrected chi connectivity index (χ4v) is 2.66. The van der Waals surface area contributed by atoms with Crippen molar-refractivity contribution in [2.75, 3.05) is 28.4 Å². The number of nitrogens with one attached hydrogen (secondary N) is 1. The third kappa shape index (κ3) is 3.57. The van der Waals surface area contributed by atoms with Gasteiger partial charge in [0.1, 0.15) is 5.75 Å². The van der Waals surface area contributed by atoms with Crippen LogP contribution in [0.2, 0.25) is 0 Å². The molecule has 0 aliphatic heterocycles. The number of hydrogen-bond acceptors (Lipinski definition) is 4. The zero-order valence-electron chi connectivity index (χ0n) is 13.4. The van der Waals surface area contributed by atoms with E-state index in [0.717, 1.165) is 29.9 Å². The molecule has 0 amide bonds. The van der Waals surface area contributed by atoms with Crippen LogP contribution in [0, 0.1) is 5.92 Å². The molecule has 114 valence electrons. The van der Waals surface area contributed by atoms with Crippen LogP contribution in [0.15, 0.2) is 12.1 Å². The lowest BCUT2D eigenvalue weighted by atomic mass is 9.90. The number of benzene rings is 1. The van der Waals surface area contributed by atoms with Crippen molar-refractivity contribution >= 4 is 0 Å². The molecule has 0 aliphatic rings. The van der Waals surface area contributed by atoms with Gasteiger partial charge in [-0.15, -0.1) is 0 Å². The van der Waals surface area contributed by atoms with Crippen LogP contribution in [0.25, 0.3) is 0 Å². The maximum atomic E-state index is 5.52. The van der Waals surface area contributed by atoms with Gasteiger partial charge in [-0.3, -0.25) is 0 Å². The zero-order chi connectivity index (χ0) is 15.1. The molecule has 1 N–H and O–H groups in total. The summed E-state index contributed by atoms with van der Waals surface area (Å²) >= 11 is 0. The Kier molecular flexibility index (Phi) is 6.65. The first kappa shape index (κ1) is 16.6. The smallest absolute Gasteiger partial charge is 0.164 e. The second-order valence-electron chi connectivity index (χ2n) is 4.98. The molecule has 2 unspecified atom stereocenters. The molecule has 1 aromatic rings. The van der Waals surface area contributed by atoms with Crippen LogP contribution in [-0.2, 0) is 0 Å². The summed E-state index contributed by atoms with van der Waals surface area (Å²) in [4.78, 5) is 0. The Bertz CT molecular complexity index is 420. The minimum Gasteiger partial charge on any atom is -0.496 e. The van der Waals surface area contributed by atoms with E-state index in [4.69, 9.17) is 14.2 Å². The Labute approximate surface area is 122 Å². The van der Waals surface area contributed by atoms with E-state index in [1.54, 1.807) is 21.3 Å². The molecule has 0 radical (unpaired) electrons. The van der Waals surface area contributed by atoms with Gasteiger partial charge in [0.25, 0.3) is 0 Å². The van der Waals surface area contributed by atoms with Crippen LogP contribution in [0.1, 0.15) is 38.3 Å². The highest BCUT2D eigenvalue weighted by molar-refractivity contribution is 5.52. The highest BCUT2D eigenvalue weighted by Gasteiger charge is 2.23. The van der Waals surface area contributed by atoms with Crippen molar-refractivity contribution < 1.29 is 14.2 Å². The molecule has 0 heterocycles. The lowest BCUT2D eigenvalue weighted by Gasteiger charge is -2.26. The van der Waals surface area contributed by atoms with Crippen LogP contribution in [-0.4, -0.2) is 28.4 Å². The molecule has 4 nitrogen and oxygen atoms in total. The normalized spacial score (nSPS) is 13.7. The summed E-state index contributed by atoms with van der Waals surface area (Å²) in [5.74, 6) is 2.75. The summed E-state index contributed by atoms with van der Waals surface area (Å²) in [5, 5.41) is 3.39. The Morgan fingerprint density at radius 3 is 2.00 bits per heavy atom. The van der Waals surface area contributed by atoms with E-state index in [-0.39, 0.29) is 6.04 Å². The monoisotopic (exact) mass is 281 g/mol. The molecule has 1 rings (SSSR count). The van der Waals surface area contributed by atoms with Crippen LogP contribution < -0.4 is 19.5 Å². The van der Waals surface area contributed by atoms with Gasteiger partial charge in [-0.25, -0.2) is 0 Å². The second kappa shape index (κ2) is 8.00. The first-order valence-corrected chi connectivity index (χ1v) is 7.10. The van der Waals surface area contributed by atoms with E-state index >= 15 is 0 Å². The van der Waals surface area contributed by atoms with Gasteiger partial charge in [0.15, 0.2) is 11.5 Å². The van der Waals surface area contributed by atoms with Gasteiger partial charge in [0.2, 0.25) is 0 Å². The summed E-state index contributed by atoms with van der Waals surface area (Å²) in [6, 6.07) is 4.12. The van der Waals surface area contributed by atoms with Gasteiger partial charge < -0.3 is 19.5 Å². The molecule has 0 aliphatic carbocycles. The molecule has 0 spiro atoms. The molecule has 20 heavy (non-hydrogen) atoms. The van der Waals surface area contributed by atoms with E-state index in [0.29, 0.717) is 11.7 Å². The van der Waals surface area contributed by atoms with Gasteiger partial charge in [-0.05, 0) is 25.5 Å². The summed E-state index contributed by atoms with van der Waals surface area (Å²) in [5.41, 5.74) is 1.11. The first-order valence-electron chi connectivity index (χ1n) is 7.10. The first-order chi connectivity index (χ1) is 9.62. The van der Waals surface area contributed by atoms with Crippen molar-refractivity contribution in [2.24, 2.45) is 5.92 Å². The molecule has 0 saturated carbocycles. The molecule has 0 saturated heterocycles. The van der Waals surface area contributed by atoms with Crippen LogP contribution in [0.4, 0.5) is 0 Å². The second-order valence-corrected chi connectivity index (χ2v) is 4.98. The quantitative estimate of drug-likeness (QED) is 0.792. The molecule has 1 aromatic carbocycles. The standard InChI is InChI=1S/C16H27NO3/c1-7-8-11(2)16(17-3)12-9-14(19-5)15(20-6)10-13(12)18-4/h9-11,16-17H,7-8H2,1-6H3. The fraction of sp³-hybridized carbons (Fsp3) is 0.625. The SMILES string of the molecule is CCCC(C)C(NC)c1cc(OC)c(OC)cc1OC. The Hall–Kier alpha value is -1.42. The molecule has 0 aromatic heterocycles. The van der Waals surface area contributed by atoms with E-state index in [2.05, 4.69) is 19.2 Å². The van der Waals surface area contributed by atoms with E-state index in [1.807, 2.05) is 19.2 Å². The van der Waals surface area contributed by atoms with Crippen molar-refractivity contribution in [3.8, 4) is 17.2 Å². The van der Waals surface area contributed by atoms with Gasteiger partial charge in [0.05, 0.1) is 21.3 Å². The largest absolute Gasteiger partial charge is 0.496 e. The Balaban J connectivity index is 3.25. The minimum atomic E-state index is 0.227. The highest BCUT2D eigenvalue weighted by atomic mass is 16.5. The van der Waals surface area contributed by atoms with Crippen molar-refractivity contribution in [1.29, 1.82) is 0 Å². The Morgan fingerprint density at radius 2 is 1.55 bits per heavy atom. The molecule has 0 fully saturated rings. The fourth-order valence-electron chi connectivity index (χ4n) is 2.66. The predicted molar refractivity (Wildman–Crippen MR) is 82.0 cm³/mol. The summed E-state index contributed by atoms with van der Waals surface area (Å²) in [6.07, 6.45) is 2.32. The molecular formula is C16H27NO3.